The topological polar surface area (TPSA) is 59.3 Å². The summed E-state index contributed by atoms with van der Waals surface area (Å²) in [5.74, 6) is 0. The van der Waals surface area contributed by atoms with E-state index in [4.69, 9.17) is 4.55 Å². The standard InChI is InChI=1S/C4H5NO3S.Zn/c6-9(7,8)5-3-1-2-4-5;/h1-4H,(H,6,7,8);. The molecule has 0 saturated carbocycles. The second kappa shape index (κ2) is 3.28. The molecule has 0 fully saturated rings. The Bertz CT molecular complexity index is 277. The Labute approximate surface area is 71.5 Å². The molecule has 0 atom stereocenters. The molecule has 0 saturated heterocycles. The molecule has 0 unspecified atom stereocenters. The van der Waals surface area contributed by atoms with Crippen LogP contribution in [0.4, 0.5) is 0 Å². The van der Waals surface area contributed by atoms with Crippen molar-refractivity contribution in [2.24, 2.45) is 0 Å². The maximum atomic E-state index is 10.2. The summed E-state index contributed by atoms with van der Waals surface area (Å²) in [5.41, 5.74) is 0. The number of hydrogen-bond donors (Lipinski definition) is 1. The molecule has 1 heterocycles. The van der Waals surface area contributed by atoms with Crippen LogP contribution in [-0.2, 0) is 29.8 Å². The monoisotopic (exact) mass is 211 g/mol. The van der Waals surface area contributed by atoms with Crippen molar-refractivity contribution in [2.75, 3.05) is 0 Å². The Morgan fingerprint density at radius 2 is 1.60 bits per heavy atom. The van der Waals surface area contributed by atoms with E-state index in [0.717, 1.165) is 0 Å². The van der Waals surface area contributed by atoms with Crippen LogP contribution in [-0.4, -0.2) is 16.9 Å². The van der Waals surface area contributed by atoms with Gasteiger partial charge in [0.2, 0.25) is 0 Å². The third-order valence-corrected chi connectivity index (χ3v) is 1.62. The largest absolute Gasteiger partial charge is 0.363 e. The van der Waals surface area contributed by atoms with E-state index in [1.54, 1.807) is 0 Å². The van der Waals surface area contributed by atoms with Crippen LogP contribution in [0.1, 0.15) is 0 Å². The van der Waals surface area contributed by atoms with Crippen LogP contribution in [0.15, 0.2) is 24.5 Å². The van der Waals surface area contributed by atoms with E-state index in [0.29, 0.717) is 3.97 Å². The van der Waals surface area contributed by atoms with Gasteiger partial charge in [-0.25, -0.2) is 3.97 Å². The first kappa shape index (κ1) is 9.81. The number of aromatic nitrogens is 1. The Morgan fingerprint density at radius 3 is 1.80 bits per heavy atom. The molecule has 0 bridgehead atoms. The summed E-state index contributed by atoms with van der Waals surface area (Å²) in [6.07, 6.45) is 2.49. The third kappa shape index (κ3) is 2.21. The van der Waals surface area contributed by atoms with Crippen molar-refractivity contribution in [1.29, 1.82) is 0 Å². The van der Waals surface area contributed by atoms with Crippen molar-refractivity contribution in [3.63, 3.8) is 0 Å². The second-order valence-electron chi connectivity index (χ2n) is 1.49. The fourth-order valence-corrected chi connectivity index (χ4v) is 0.921. The minimum Gasteiger partial charge on any atom is -0.269 e. The van der Waals surface area contributed by atoms with Gasteiger partial charge in [0.15, 0.2) is 0 Å². The Balaban J connectivity index is 0.000000810. The zero-order valence-corrected chi connectivity index (χ0v) is 8.92. The summed E-state index contributed by atoms with van der Waals surface area (Å²) in [7, 11) is -4.04. The molecular formula is C4H5NO3SZn. The van der Waals surface area contributed by atoms with E-state index < -0.39 is 10.3 Å². The first-order valence-electron chi connectivity index (χ1n) is 2.21. The zero-order valence-electron chi connectivity index (χ0n) is 5.14. The zero-order chi connectivity index (χ0) is 6.91. The Kier molecular flexibility index (Phi) is 3.22. The van der Waals surface area contributed by atoms with Gasteiger partial charge in [0, 0.05) is 31.9 Å². The molecule has 1 rings (SSSR count). The van der Waals surface area contributed by atoms with E-state index in [-0.39, 0.29) is 19.5 Å². The third-order valence-electron chi connectivity index (χ3n) is 0.844. The van der Waals surface area contributed by atoms with Crippen LogP contribution in [0, 0.1) is 0 Å². The Hall–Kier alpha value is -0.187. The van der Waals surface area contributed by atoms with E-state index in [1.165, 1.54) is 24.5 Å². The molecule has 6 heteroatoms. The predicted octanol–water partition coefficient (Wildman–Crippen LogP) is 0.137. The smallest absolute Gasteiger partial charge is 0.269 e. The summed E-state index contributed by atoms with van der Waals surface area (Å²) in [6.45, 7) is 0. The van der Waals surface area contributed by atoms with Crippen molar-refractivity contribution in [3.05, 3.63) is 24.5 Å². The van der Waals surface area contributed by atoms with Gasteiger partial charge in [0.25, 0.3) is 0 Å². The maximum Gasteiger partial charge on any atom is 0.363 e. The SMILES string of the molecule is O=S(=O)(O)n1cccc1.[Zn]. The number of nitrogens with zero attached hydrogens (tertiary/aromatic N) is 1. The molecule has 1 aromatic rings. The fraction of sp³-hybridized carbons (Fsp3) is 0. The van der Waals surface area contributed by atoms with Gasteiger partial charge < -0.3 is 0 Å². The average Bonchev–Trinajstić information content (AvgIpc) is 2.08. The van der Waals surface area contributed by atoms with Crippen molar-refractivity contribution >= 4 is 10.3 Å². The van der Waals surface area contributed by atoms with Crippen LogP contribution in [0.3, 0.4) is 0 Å². The molecule has 1 N–H and O–H groups in total. The predicted molar refractivity (Wildman–Crippen MR) is 31.4 cm³/mol. The molecule has 0 spiro atoms. The van der Waals surface area contributed by atoms with Crippen LogP contribution >= 0.6 is 0 Å². The first-order chi connectivity index (χ1) is 4.11. The van der Waals surface area contributed by atoms with Gasteiger partial charge in [-0.3, -0.25) is 4.55 Å². The molecule has 0 radical (unpaired) electrons. The summed E-state index contributed by atoms with van der Waals surface area (Å²) in [5, 5.41) is 0. The molecule has 0 aliphatic carbocycles. The van der Waals surface area contributed by atoms with E-state index in [2.05, 4.69) is 0 Å². The van der Waals surface area contributed by atoms with E-state index in [1.807, 2.05) is 0 Å². The van der Waals surface area contributed by atoms with Crippen LogP contribution in [0.5, 0.6) is 0 Å². The fourth-order valence-electron chi connectivity index (χ4n) is 0.473. The van der Waals surface area contributed by atoms with Crippen LogP contribution in [0.2, 0.25) is 0 Å². The Morgan fingerprint density at radius 1 is 1.20 bits per heavy atom. The van der Waals surface area contributed by atoms with Gasteiger partial charge in [-0.1, -0.05) is 0 Å². The summed E-state index contributed by atoms with van der Waals surface area (Å²) in [4.78, 5) is 0. The number of rotatable bonds is 1. The summed E-state index contributed by atoms with van der Waals surface area (Å²) < 4.78 is 29.5. The van der Waals surface area contributed by atoms with Crippen molar-refractivity contribution in [3.8, 4) is 0 Å². The van der Waals surface area contributed by atoms with Crippen molar-refractivity contribution in [2.45, 2.75) is 0 Å². The molecule has 1 aromatic heterocycles. The van der Waals surface area contributed by atoms with Gasteiger partial charge in [0.1, 0.15) is 0 Å². The molecule has 10 heavy (non-hydrogen) atoms. The van der Waals surface area contributed by atoms with Crippen molar-refractivity contribution in [1.82, 2.24) is 3.97 Å². The molecule has 0 amide bonds. The first-order valence-corrected chi connectivity index (χ1v) is 3.61. The van der Waals surface area contributed by atoms with Crippen LogP contribution < -0.4 is 0 Å². The van der Waals surface area contributed by atoms with Gasteiger partial charge in [-0.15, -0.1) is 0 Å². The quantitative estimate of drug-likeness (QED) is 0.532. The van der Waals surface area contributed by atoms with Gasteiger partial charge in [-0.2, -0.15) is 8.42 Å². The van der Waals surface area contributed by atoms with Crippen LogP contribution in [0.25, 0.3) is 0 Å². The minimum atomic E-state index is -4.04. The van der Waals surface area contributed by atoms with E-state index in [9.17, 15) is 8.42 Å². The van der Waals surface area contributed by atoms with Crippen molar-refractivity contribution < 1.29 is 32.4 Å². The molecule has 0 aliphatic rings. The molecular weight excluding hydrogens is 208 g/mol. The van der Waals surface area contributed by atoms with E-state index >= 15 is 0 Å². The minimum absolute atomic E-state index is 0. The summed E-state index contributed by atoms with van der Waals surface area (Å²) in [6, 6.07) is 3.02. The average molecular weight is 213 g/mol. The summed E-state index contributed by atoms with van der Waals surface area (Å²) >= 11 is 0. The molecule has 0 aromatic carbocycles. The number of hydrogen-bond acceptors (Lipinski definition) is 2. The van der Waals surface area contributed by atoms with Gasteiger partial charge in [-0.05, 0) is 12.1 Å². The van der Waals surface area contributed by atoms with Gasteiger partial charge in [0.05, 0.1) is 0 Å². The molecule has 0 aliphatic heterocycles. The normalized spacial score (nSPS) is 10.5. The maximum absolute atomic E-state index is 10.2. The van der Waals surface area contributed by atoms with Gasteiger partial charge >= 0.3 is 10.3 Å². The molecule has 52 valence electrons. The second-order valence-corrected chi connectivity index (χ2v) is 2.81. The molecule has 4 nitrogen and oxygen atoms in total.